The second-order valence-electron chi connectivity index (χ2n) is 6.26. The Morgan fingerprint density at radius 1 is 1.26 bits per heavy atom. The number of amides is 1. The van der Waals surface area contributed by atoms with Crippen LogP contribution in [0.3, 0.4) is 0 Å². The minimum absolute atomic E-state index is 0. The molecule has 1 aliphatic heterocycles. The molecule has 4 rings (SSSR count). The first-order valence-electron chi connectivity index (χ1n) is 7.79. The van der Waals surface area contributed by atoms with Crippen LogP contribution in [0.4, 0.5) is 5.13 Å². The van der Waals surface area contributed by atoms with Crippen LogP contribution in [0.15, 0.2) is 35.7 Å². The number of thiazole rings is 1. The summed E-state index contributed by atoms with van der Waals surface area (Å²) < 4.78 is 0. The zero-order valence-electron chi connectivity index (χ0n) is 12.7. The van der Waals surface area contributed by atoms with Gasteiger partial charge in [0.1, 0.15) is 0 Å². The minimum Gasteiger partial charge on any atom is -0.317 e. The molecular weight excluding hydrogens is 330 g/mol. The molecule has 1 aromatic carbocycles. The van der Waals surface area contributed by atoms with Crippen LogP contribution in [0, 0.1) is 11.3 Å². The summed E-state index contributed by atoms with van der Waals surface area (Å²) in [6, 6.07) is 10.1. The second-order valence-corrected chi connectivity index (χ2v) is 7.12. The van der Waals surface area contributed by atoms with Gasteiger partial charge in [0.05, 0.1) is 5.69 Å². The molecule has 1 saturated carbocycles. The van der Waals surface area contributed by atoms with Gasteiger partial charge in [-0.05, 0) is 37.8 Å². The van der Waals surface area contributed by atoms with Gasteiger partial charge in [-0.2, -0.15) is 0 Å². The van der Waals surface area contributed by atoms with E-state index >= 15 is 0 Å². The molecule has 1 aromatic heterocycles. The molecule has 1 saturated heterocycles. The number of benzene rings is 1. The summed E-state index contributed by atoms with van der Waals surface area (Å²) in [5.74, 6) is 0.328. The van der Waals surface area contributed by atoms with Gasteiger partial charge in [-0.1, -0.05) is 30.3 Å². The minimum atomic E-state index is 0. The van der Waals surface area contributed by atoms with Gasteiger partial charge in [-0.3, -0.25) is 4.79 Å². The first-order chi connectivity index (χ1) is 10.8. The van der Waals surface area contributed by atoms with Gasteiger partial charge in [-0.25, -0.2) is 4.98 Å². The van der Waals surface area contributed by atoms with E-state index in [4.69, 9.17) is 0 Å². The Hall–Kier alpha value is -1.43. The molecule has 2 N–H and O–H groups in total. The summed E-state index contributed by atoms with van der Waals surface area (Å²) in [6.07, 6.45) is 3.29. The van der Waals surface area contributed by atoms with Gasteiger partial charge in [0.25, 0.3) is 0 Å². The molecule has 2 heterocycles. The van der Waals surface area contributed by atoms with Crippen molar-refractivity contribution in [3.8, 4) is 11.3 Å². The molecule has 1 unspecified atom stereocenters. The van der Waals surface area contributed by atoms with E-state index in [9.17, 15) is 4.79 Å². The number of hydrogen-bond acceptors (Lipinski definition) is 4. The Bertz CT molecular complexity index is 682. The molecule has 0 radical (unpaired) electrons. The zero-order chi connectivity index (χ0) is 15.0. The highest BCUT2D eigenvalue weighted by Crippen LogP contribution is 2.58. The van der Waals surface area contributed by atoms with E-state index in [0.717, 1.165) is 43.6 Å². The molecule has 1 spiro atoms. The molecule has 6 heteroatoms. The number of aromatic nitrogens is 1. The summed E-state index contributed by atoms with van der Waals surface area (Å²) in [5, 5.41) is 9.09. The second kappa shape index (κ2) is 6.59. The topological polar surface area (TPSA) is 54.0 Å². The lowest BCUT2D eigenvalue weighted by Crippen LogP contribution is -2.31. The van der Waals surface area contributed by atoms with E-state index in [-0.39, 0.29) is 29.6 Å². The van der Waals surface area contributed by atoms with Gasteiger partial charge >= 0.3 is 0 Å². The quantitative estimate of drug-likeness (QED) is 0.890. The van der Waals surface area contributed by atoms with Crippen LogP contribution < -0.4 is 10.6 Å². The Morgan fingerprint density at radius 2 is 2.00 bits per heavy atom. The highest BCUT2D eigenvalue weighted by Gasteiger charge is 2.57. The van der Waals surface area contributed by atoms with Crippen molar-refractivity contribution in [3.63, 3.8) is 0 Å². The predicted molar refractivity (Wildman–Crippen MR) is 96.1 cm³/mol. The average Bonchev–Trinajstić information content (AvgIpc) is 3.04. The van der Waals surface area contributed by atoms with Gasteiger partial charge in [0, 0.05) is 16.9 Å². The highest BCUT2D eigenvalue weighted by molar-refractivity contribution is 7.14. The fourth-order valence-corrected chi connectivity index (χ4v) is 4.18. The van der Waals surface area contributed by atoms with E-state index in [0.29, 0.717) is 5.13 Å². The Labute approximate surface area is 146 Å². The maximum atomic E-state index is 12.4. The van der Waals surface area contributed by atoms with Crippen molar-refractivity contribution in [3.05, 3.63) is 35.7 Å². The van der Waals surface area contributed by atoms with E-state index < -0.39 is 0 Å². The highest BCUT2D eigenvalue weighted by atomic mass is 35.5. The number of halogens is 1. The zero-order valence-corrected chi connectivity index (χ0v) is 14.4. The largest absolute Gasteiger partial charge is 0.317 e. The molecule has 0 bridgehead atoms. The van der Waals surface area contributed by atoms with Crippen LogP contribution in [0.5, 0.6) is 0 Å². The van der Waals surface area contributed by atoms with Crippen molar-refractivity contribution in [2.45, 2.75) is 19.3 Å². The van der Waals surface area contributed by atoms with Crippen LogP contribution >= 0.6 is 23.7 Å². The van der Waals surface area contributed by atoms with Crippen molar-refractivity contribution < 1.29 is 4.79 Å². The Kier molecular flexibility index (Phi) is 4.71. The van der Waals surface area contributed by atoms with Crippen LogP contribution in [0.1, 0.15) is 19.3 Å². The van der Waals surface area contributed by atoms with Crippen molar-refractivity contribution >= 4 is 34.8 Å². The molecule has 1 atom stereocenters. The van der Waals surface area contributed by atoms with Gasteiger partial charge in [-0.15, -0.1) is 23.7 Å². The Balaban J connectivity index is 0.00000156. The van der Waals surface area contributed by atoms with Crippen LogP contribution in [-0.2, 0) is 4.79 Å². The standard InChI is InChI=1S/C17H19N3OS.ClH/c21-15(13-10-17(13)6-8-18-9-7-17)20-16-19-14(11-22-16)12-4-2-1-3-5-12;/h1-5,11,13,18H,6-10H2,(H,19,20,21);1H. The number of hydrogen-bond donors (Lipinski definition) is 2. The maximum absolute atomic E-state index is 12.4. The third-order valence-corrected chi connectivity index (χ3v) is 5.67. The maximum Gasteiger partial charge on any atom is 0.229 e. The lowest BCUT2D eigenvalue weighted by Gasteiger charge is -2.22. The predicted octanol–water partition coefficient (Wildman–Crippen LogP) is 3.56. The van der Waals surface area contributed by atoms with E-state index in [1.165, 1.54) is 11.3 Å². The third-order valence-electron chi connectivity index (χ3n) is 4.91. The summed E-state index contributed by atoms with van der Waals surface area (Å²) in [4.78, 5) is 17.0. The SMILES string of the molecule is Cl.O=C(Nc1nc(-c2ccccc2)cs1)C1CC12CCNCC2. The van der Waals surface area contributed by atoms with E-state index in [2.05, 4.69) is 15.6 Å². The Morgan fingerprint density at radius 3 is 2.74 bits per heavy atom. The molecule has 23 heavy (non-hydrogen) atoms. The van der Waals surface area contributed by atoms with Crippen molar-refractivity contribution in [2.75, 3.05) is 18.4 Å². The van der Waals surface area contributed by atoms with E-state index in [1.807, 2.05) is 35.7 Å². The monoisotopic (exact) mass is 349 g/mol. The summed E-state index contributed by atoms with van der Waals surface area (Å²) in [6.45, 7) is 2.08. The summed E-state index contributed by atoms with van der Waals surface area (Å²) >= 11 is 1.50. The average molecular weight is 350 g/mol. The van der Waals surface area contributed by atoms with Crippen molar-refractivity contribution in [1.29, 1.82) is 0 Å². The van der Waals surface area contributed by atoms with Crippen molar-refractivity contribution in [2.24, 2.45) is 11.3 Å². The molecule has 1 aliphatic carbocycles. The summed E-state index contributed by atoms with van der Waals surface area (Å²) in [7, 11) is 0. The molecule has 122 valence electrons. The van der Waals surface area contributed by atoms with E-state index in [1.54, 1.807) is 0 Å². The summed E-state index contributed by atoms with van der Waals surface area (Å²) in [5.41, 5.74) is 2.28. The number of carbonyl (C=O) groups excluding carboxylic acids is 1. The first-order valence-corrected chi connectivity index (χ1v) is 8.67. The van der Waals surface area contributed by atoms with Crippen LogP contribution in [0.25, 0.3) is 11.3 Å². The van der Waals surface area contributed by atoms with Gasteiger partial charge in [0.2, 0.25) is 5.91 Å². The number of anilines is 1. The fourth-order valence-electron chi connectivity index (χ4n) is 3.46. The molecule has 2 fully saturated rings. The number of rotatable bonds is 3. The fraction of sp³-hybridized carbons (Fsp3) is 0.412. The van der Waals surface area contributed by atoms with Crippen LogP contribution in [0.2, 0.25) is 0 Å². The number of nitrogens with one attached hydrogen (secondary N) is 2. The molecule has 2 aliphatic rings. The van der Waals surface area contributed by atoms with Crippen molar-refractivity contribution in [1.82, 2.24) is 10.3 Å². The lowest BCUT2D eigenvalue weighted by atomic mass is 9.92. The molecule has 2 aromatic rings. The van der Waals surface area contributed by atoms with Gasteiger partial charge < -0.3 is 10.6 Å². The van der Waals surface area contributed by atoms with Gasteiger partial charge in [0.15, 0.2) is 5.13 Å². The number of nitrogens with zero attached hydrogens (tertiary/aromatic N) is 1. The first kappa shape index (κ1) is 16.4. The lowest BCUT2D eigenvalue weighted by molar-refractivity contribution is -0.118. The molecule has 1 amide bonds. The molecule has 4 nitrogen and oxygen atoms in total. The smallest absolute Gasteiger partial charge is 0.229 e. The third kappa shape index (κ3) is 3.27. The molecular formula is C17H20ClN3OS. The normalized spacial score (nSPS) is 21.5. The van der Waals surface area contributed by atoms with Crippen LogP contribution in [-0.4, -0.2) is 24.0 Å². The number of carbonyl (C=O) groups is 1. The number of piperidine rings is 1.